The third-order valence-electron chi connectivity index (χ3n) is 4.60. The standard InChI is InChI=1S/C17H28N2OSi/c1-17(2,3)21(4,5)20-19-13-7-9-16(19)11-10-15-8-6-12-18-14-15/h6,8,10-12,14,16H,7,9,13H2,1-5H3/b11-10-. The Morgan fingerprint density at radius 3 is 2.76 bits per heavy atom. The fourth-order valence-corrected chi connectivity index (χ4v) is 3.29. The van der Waals surface area contributed by atoms with Crippen molar-refractivity contribution in [3.8, 4) is 0 Å². The lowest BCUT2D eigenvalue weighted by Crippen LogP contribution is -2.47. The minimum Gasteiger partial charge on any atom is -0.342 e. The maximum absolute atomic E-state index is 6.47. The molecule has 1 saturated heterocycles. The van der Waals surface area contributed by atoms with Gasteiger partial charge in [-0.2, -0.15) is 5.06 Å². The van der Waals surface area contributed by atoms with Crippen molar-refractivity contribution in [2.75, 3.05) is 6.54 Å². The van der Waals surface area contributed by atoms with Gasteiger partial charge in [0.2, 0.25) is 8.32 Å². The van der Waals surface area contributed by atoms with Crippen LogP contribution in [-0.2, 0) is 4.53 Å². The summed E-state index contributed by atoms with van der Waals surface area (Å²) >= 11 is 0. The number of aromatic nitrogens is 1. The zero-order chi connectivity index (χ0) is 15.5. The van der Waals surface area contributed by atoms with Gasteiger partial charge >= 0.3 is 0 Å². The number of pyridine rings is 1. The molecule has 3 nitrogen and oxygen atoms in total. The van der Waals surface area contributed by atoms with E-state index in [0.29, 0.717) is 6.04 Å². The summed E-state index contributed by atoms with van der Waals surface area (Å²) in [6, 6.07) is 4.44. The molecule has 1 aliphatic rings. The van der Waals surface area contributed by atoms with Crippen LogP contribution in [0.2, 0.25) is 18.1 Å². The second-order valence-electron chi connectivity index (χ2n) is 7.35. The lowest BCUT2D eigenvalue weighted by molar-refractivity contribution is -0.0715. The first-order valence-corrected chi connectivity index (χ1v) is 10.7. The molecule has 1 unspecified atom stereocenters. The molecule has 2 heterocycles. The van der Waals surface area contributed by atoms with Gasteiger partial charge in [0.25, 0.3) is 0 Å². The Hall–Kier alpha value is -0.973. The van der Waals surface area contributed by atoms with E-state index < -0.39 is 8.32 Å². The van der Waals surface area contributed by atoms with E-state index in [9.17, 15) is 0 Å². The van der Waals surface area contributed by atoms with Gasteiger partial charge in [0, 0.05) is 18.9 Å². The Bertz CT molecular complexity index is 479. The third kappa shape index (κ3) is 4.25. The van der Waals surface area contributed by atoms with Gasteiger partial charge in [-0.3, -0.25) is 4.98 Å². The van der Waals surface area contributed by atoms with Gasteiger partial charge in [-0.25, -0.2) is 0 Å². The van der Waals surface area contributed by atoms with Crippen LogP contribution in [-0.4, -0.2) is 31.0 Å². The third-order valence-corrected chi connectivity index (χ3v) is 8.90. The second-order valence-corrected chi connectivity index (χ2v) is 12.1. The van der Waals surface area contributed by atoms with Gasteiger partial charge in [0.1, 0.15) is 0 Å². The van der Waals surface area contributed by atoms with E-state index in [1.807, 2.05) is 12.3 Å². The van der Waals surface area contributed by atoms with Crippen LogP contribution in [0.25, 0.3) is 6.08 Å². The summed E-state index contributed by atoms with van der Waals surface area (Å²) in [6.07, 6.45) is 10.5. The zero-order valence-corrected chi connectivity index (χ0v) is 15.0. The Morgan fingerprint density at radius 2 is 2.14 bits per heavy atom. The van der Waals surface area contributed by atoms with Crippen LogP contribution in [0.3, 0.4) is 0 Å². The average molecular weight is 305 g/mol. The first-order chi connectivity index (χ1) is 9.79. The van der Waals surface area contributed by atoms with Crippen molar-refractivity contribution in [1.82, 2.24) is 10.0 Å². The van der Waals surface area contributed by atoms with Gasteiger partial charge in [-0.15, -0.1) is 0 Å². The molecule has 0 bridgehead atoms. The quantitative estimate of drug-likeness (QED) is 0.766. The number of rotatable bonds is 4. The van der Waals surface area contributed by atoms with Crippen molar-refractivity contribution < 1.29 is 4.53 Å². The minimum atomic E-state index is -1.74. The summed E-state index contributed by atoms with van der Waals surface area (Å²) in [4.78, 5) is 4.15. The van der Waals surface area contributed by atoms with Crippen LogP contribution >= 0.6 is 0 Å². The monoisotopic (exact) mass is 304 g/mol. The van der Waals surface area contributed by atoms with Gasteiger partial charge in [-0.1, -0.05) is 39.0 Å². The van der Waals surface area contributed by atoms with Gasteiger partial charge in [0.15, 0.2) is 0 Å². The average Bonchev–Trinajstić information content (AvgIpc) is 2.83. The van der Waals surface area contributed by atoms with Crippen LogP contribution in [0.4, 0.5) is 0 Å². The Morgan fingerprint density at radius 1 is 1.38 bits per heavy atom. The molecule has 1 aliphatic heterocycles. The number of hydroxylamine groups is 2. The number of nitrogens with zero attached hydrogens (tertiary/aromatic N) is 2. The van der Waals surface area contributed by atoms with E-state index >= 15 is 0 Å². The van der Waals surface area contributed by atoms with Gasteiger partial charge in [0.05, 0.1) is 6.04 Å². The fourth-order valence-electron chi connectivity index (χ4n) is 2.20. The predicted octanol–water partition coefficient (Wildman–Crippen LogP) is 4.50. The molecular formula is C17H28N2OSi. The fraction of sp³-hybridized carbons (Fsp3) is 0.588. The Labute approximate surface area is 130 Å². The molecule has 1 atom stereocenters. The number of hydrogen-bond donors (Lipinski definition) is 0. The lowest BCUT2D eigenvalue weighted by atomic mass is 10.2. The summed E-state index contributed by atoms with van der Waals surface area (Å²) < 4.78 is 6.47. The first-order valence-electron chi connectivity index (χ1n) is 7.84. The molecule has 1 aromatic rings. The van der Waals surface area contributed by atoms with Crippen molar-refractivity contribution in [1.29, 1.82) is 0 Å². The highest BCUT2D eigenvalue weighted by Gasteiger charge is 2.41. The molecule has 0 aliphatic carbocycles. The highest BCUT2D eigenvalue weighted by Crippen LogP contribution is 2.38. The van der Waals surface area contributed by atoms with Gasteiger partial charge in [-0.05, 0) is 42.6 Å². The first kappa shape index (κ1) is 16.4. The van der Waals surface area contributed by atoms with E-state index in [1.54, 1.807) is 6.20 Å². The van der Waals surface area contributed by atoms with Crippen LogP contribution in [0, 0.1) is 0 Å². The second kappa shape index (κ2) is 6.42. The van der Waals surface area contributed by atoms with E-state index in [4.69, 9.17) is 4.53 Å². The summed E-state index contributed by atoms with van der Waals surface area (Å²) in [5.41, 5.74) is 1.15. The van der Waals surface area contributed by atoms with E-state index in [1.165, 1.54) is 12.8 Å². The van der Waals surface area contributed by atoms with E-state index in [0.717, 1.165) is 12.1 Å². The van der Waals surface area contributed by atoms with Crippen LogP contribution in [0.1, 0.15) is 39.2 Å². The highest BCUT2D eigenvalue weighted by atomic mass is 28.4. The van der Waals surface area contributed by atoms with Crippen molar-refractivity contribution in [3.05, 3.63) is 36.2 Å². The molecule has 0 radical (unpaired) electrons. The summed E-state index contributed by atoms with van der Waals surface area (Å²) in [6.45, 7) is 12.5. The summed E-state index contributed by atoms with van der Waals surface area (Å²) in [5, 5.41) is 2.46. The molecular weight excluding hydrogens is 276 g/mol. The molecule has 1 aromatic heterocycles. The van der Waals surface area contributed by atoms with Crippen LogP contribution in [0.5, 0.6) is 0 Å². The molecule has 0 spiro atoms. The SMILES string of the molecule is CC(C)(C)[Si](C)(C)ON1CCCC1/C=C\c1cccnc1. The minimum absolute atomic E-state index is 0.243. The zero-order valence-electron chi connectivity index (χ0n) is 14.0. The molecule has 0 N–H and O–H groups in total. The molecule has 1 fully saturated rings. The smallest absolute Gasteiger partial charge is 0.220 e. The molecule has 0 aromatic carbocycles. The maximum atomic E-state index is 6.47. The van der Waals surface area contributed by atoms with E-state index in [2.05, 4.69) is 62.1 Å². The van der Waals surface area contributed by atoms with Crippen molar-refractivity contribution in [2.24, 2.45) is 0 Å². The van der Waals surface area contributed by atoms with Crippen LogP contribution < -0.4 is 0 Å². The normalized spacial score (nSPS) is 21.3. The molecule has 2 rings (SSSR count). The predicted molar refractivity (Wildman–Crippen MR) is 91.3 cm³/mol. The molecule has 0 amide bonds. The Balaban J connectivity index is 2.02. The molecule has 4 heteroatoms. The lowest BCUT2D eigenvalue weighted by Gasteiger charge is -2.40. The van der Waals surface area contributed by atoms with Crippen LogP contribution in [0.15, 0.2) is 30.6 Å². The number of hydrogen-bond acceptors (Lipinski definition) is 3. The molecule has 21 heavy (non-hydrogen) atoms. The highest BCUT2D eigenvalue weighted by molar-refractivity contribution is 6.74. The summed E-state index contributed by atoms with van der Waals surface area (Å²) in [5.74, 6) is 0. The molecule has 116 valence electrons. The van der Waals surface area contributed by atoms with Crippen molar-refractivity contribution in [2.45, 2.75) is 57.8 Å². The van der Waals surface area contributed by atoms with Gasteiger partial charge < -0.3 is 4.53 Å². The molecule has 0 saturated carbocycles. The topological polar surface area (TPSA) is 25.4 Å². The summed E-state index contributed by atoms with van der Waals surface area (Å²) in [7, 11) is -1.74. The van der Waals surface area contributed by atoms with Crippen molar-refractivity contribution >= 4 is 14.4 Å². The largest absolute Gasteiger partial charge is 0.342 e. The van der Waals surface area contributed by atoms with Crippen molar-refractivity contribution in [3.63, 3.8) is 0 Å². The maximum Gasteiger partial charge on any atom is 0.220 e. The van der Waals surface area contributed by atoms with E-state index in [-0.39, 0.29) is 5.04 Å². The Kier molecular flexibility index (Phi) is 5.02.